The molecule has 2 heterocycles. The number of benzene rings is 1. The van der Waals surface area contributed by atoms with Gasteiger partial charge >= 0.3 is 11.9 Å². The first-order valence-corrected chi connectivity index (χ1v) is 8.75. The maximum absolute atomic E-state index is 12.7. The minimum Gasteiger partial charge on any atom is -0.493 e. The summed E-state index contributed by atoms with van der Waals surface area (Å²) >= 11 is 0. The number of carbonyl (C=O) groups is 2. The van der Waals surface area contributed by atoms with Gasteiger partial charge in [-0.15, -0.1) is 0 Å². The summed E-state index contributed by atoms with van der Waals surface area (Å²) in [7, 11) is 5.53. The molecule has 1 aromatic heterocycles. The van der Waals surface area contributed by atoms with Crippen molar-refractivity contribution in [1.29, 1.82) is 0 Å². The molecule has 0 saturated carbocycles. The van der Waals surface area contributed by atoms with Crippen LogP contribution in [0.15, 0.2) is 48.3 Å². The summed E-state index contributed by atoms with van der Waals surface area (Å²) < 4.78 is 26.6. The van der Waals surface area contributed by atoms with Gasteiger partial charge in [0, 0.05) is 18.0 Å². The van der Waals surface area contributed by atoms with E-state index in [9.17, 15) is 9.59 Å². The first kappa shape index (κ1) is 20.2. The molecule has 0 bridgehead atoms. The molecule has 0 fully saturated rings. The highest BCUT2D eigenvalue weighted by molar-refractivity contribution is 6.03. The maximum Gasteiger partial charge on any atom is 0.338 e. The van der Waals surface area contributed by atoms with Crippen molar-refractivity contribution in [2.75, 3.05) is 28.4 Å². The average molecular weight is 399 g/mol. The highest BCUT2D eigenvalue weighted by Crippen LogP contribution is 2.47. The standard InChI is InChI=1S/C21H21NO7/c1-25-14-8-7-12(10-15(14)26-2)18-16(20(23)27-3)17(21(24)28-4)19(29-18)13-6-5-9-22-11-13/h5-11,16,18H,1-4H3/t16-,18+/m1/s1. The van der Waals surface area contributed by atoms with Gasteiger partial charge in [-0.05, 0) is 29.8 Å². The van der Waals surface area contributed by atoms with Crippen LogP contribution in [0.3, 0.4) is 0 Å². The zero-order valence-corrected chi connectivity index (χ0v) is 16.5. The molecular weight excluding hydrogens is 378 g/mol. The summed E-state index contributed by atoms with van der Waals surface area (Å²) in [4.78, 5) is 29.3. The van der Waals surface area contributed by atoms with Crippen molar-refractivity contribution in [2.24, 2.45) is 5.92 Å². The van der Waals surface area contributed by atoms with E-state index in [1.807, 2.05) is 0 Å². The zero-order chi connectivity index (χ0) is 21.0. The second-order valence-corrected chi connectivity index (χ2v) is 6.13. The molecule has 1 aliphatic rings. The number of esters is 2. The van der Waals surface area contributed by atoms with E-state index in [1.54, 1.807) is 42.7 Å². The predicted molar refractivity (Wildman–Crippen MR) is 102 cm³/mol. The average Bonchev–Trinajstić information content (AvgIpc) is 3.18. The molecule has 2 atom stereocenters. The first-order valence-electron chi connectivity index (χ1n) is 8.75. The fourth-order valence-electron chi connectivity index (χ4n) is 3.26. The Labute approximate surface area is 168 Å². The molecule has 0 aliphatic carbocycles. The molecule has 8 nitrogen and oxygen atoms in total. The van der Waals surface area contributed by atoms with E-state index in [0.717, 1.165) is 0 Å². The van der Waals surface area contributed by atoms with Crippen LogP contribution in [0.4, 0.5) is 0 Å². The second-order valence-electron chi connectivity index (χ2n) is 6.13. The van der Waals surface area contributed by atoms with E-state index in [1.165, 1.54) is 28.4 Å². The highest BCUT2D eigenvalue weighted by Gasteiger charge is 2.47. The Morgan fingerprint density at radius 2 is 1.76 bits per heavy atom. The molecule has 2 aromatic rings. The molecule has 29 heavy (non-hydrogen) atoms. The lowest BCUT2D eigenvalue weighted by Gasteiger charge is -2.20. The number of methoxy groups -OCH3 is 4. The molecule has 152 valence electrons. The summed E-state index contributed by atoms with van der Waals surface area (Å²) in [5, 5.41) is 0. The Balaban J connectivity index is 2.15. The second kappa shape index (κ2) is 8.64. The third kappa shape index (κ3) is 3.73. The number of ether oxygens (including phenoxy) is 5. The fourth-order valence-corrected chi connectivity index (χ4v) is 3.26. The van der Waals surface area contributed by atoms with Gasteiger partial charge in [-0.3, -0.25) is 9.78 Å². The Morgan fingerprint density at radius 3 is 2.34 bits per heavy atom. The van der Waals surface area contributed by atoms with Gasteiger partial charge in [0.25, 0.3) is 0 Å². The molecule has 0 saturated heterocycles. The molecule has 0 N–H and O–H groups in total. The van der Waals surface area contributed by atoms with Gasteiger partial charge in [-0.25, -0.2) is 4.79 Å². The Bertz CT molecular complexity index is 939. The summed E-state index contributed by atoms with van der Waals surface area (Å²) in [5.74, 6) is -1.11. The van der Waals surface area contributed by atoms with Gasteiger partial charge in [0.2, 0.25) is 0 Å². The van der Waals surface area contributed by atoms with Crippen LogP contribution < -0.4 is 9.47 Å². The summed E-state index contributed by atoms with van der Waals surface area (Å²) in [6.07, 6.45) is 2.32. The van der Waals surface area contributed by atoms with Gasteiger partial charge in [-0.1, -0.05) is 6.07 Å². The predicted octanol–water partition coefficient (Wildman–Crippen LogP) is 2.54. The van der Waals surface area contributed by atoms with Crippen LogP contribution in [0.5, 0.6) is 11.5 Å². The molecule has 1 aromatic carbocycles. The summed E-state index contributed by atoms with van der Waals surface area (Å²) in [5.41, 5.74) is 1.23. The lowest BCUT2D eigenvalue weighted by atomic mass is 9.89. The Kier molecular flexibility index (Phi) is 6.01. The van der Waals surface area contributed by atoms with Gasteiger partial charge in [0.1, 0.15) is 17.8 Å². The first-order chi connectivity index (χ1) is 14.0. The van der Waals surface area contributed by atoms with Crippen LogP contribution in [0.1, 0.15) is 17.2 Å². The van der Waals surface area contributed by atoms with Crippen molar-refractivity contribution in [3.63, 3.8) is 0 Å². The van der Waals surface area contributed by atoms with Gasteiger partial charge in [0.05, 0.1) is 34.0 Å². The van der Waals surface area contributed by atoms with Crippen LogP contribution in [0.25, 0.3) is 5.76 Å². The molecule has 0 unspecified atom stereocenters. The smallest absolute Gasteiger partial charge is 0.338 e. The highest BCUT2D eigenvalue weighted by atomic mass is 16.5. The van der Waals surface area contributed by atoms with Crippen LogP contribution in [-0.2, 0) is 23.8 Å². The van der Waals surface area contributed by atoms with Crippen LogP contribution >= 0.6 is 0 Å². The topological polar surface area (TPSA) is 93.2 Å². The number of nitrogens with zero attached hydrogens (tertiary/aromatic N) is 1. The lowest BCUT2D eigenvalue weighted by molar-refractivity contribution is -0.149. The van der Waals surface area contributed by atoms with E-state index in [4.69, 9.17) is 23.7 Å². The van der Waals surface area contributed by atoms with Crippen molar-refractivity contribution in [1.82, 2.24) is 4.98 Å². The van der Waals surface area contributed by atoms with Crippen molar-refractivity contribution in [2.45, 2.75) is 6.10 Å². The molecule has 0 spiro atoms. The van der Waals surface area contributed by atoms with Crippen molar-refractivity contribution in [3.8, 4) is 11.5 Å². The number of carbonyl (C=O) groups excluding carboxylic acids is 2. The van der Waals surface area contributed by atoms with Crippen molar-refractivity contribution in [3.05, 3.63) is 59.4 Å². The monoisotopic (exact) mass is 399 g/mol. The molecule has 3 rings (SSSR count). The third-order valence-electron chi connectivity index (χ3n) is 4.62. The van der Waals surface area contributed by atoms with Crippen LogP contribution in [0, 0.1) is 5.92 Å². The quantitative estimate of drug-likeness (QED) is 0.684. The van der Waals surface area contributed by atoms with E-state index < -0.39 is 24.0 Å². The maximum atomic E-state index is 12.7. The molecular formula is C21H21NO7. The van der Waals surface area contributed by atoms with Crippen LogP contribution in [-0.4, -0.2) is 45.4 Å². The van der Waals surface area contributed by atoms with Crippen molar-refractivity contribution >= 4 is 17.7 Å². The Morgan fingerprint density at radius 1 is 1.00 bits per heavy atom. The van der Waals surface area contributed by atoms with Gasteiger partial charge in [0.15, 0.2) is 11.5 Å². The minimum atomic E-state index is -1.03. The van der Waals surface area contributed by atoms with E-state index in [0.29, 0.717) is 22.6 Å². The minimum absolute atomic E-state index is 0.0761. The summed E-state index contributed by atoms with van der Waals surface area (Å²) in [6.45, 7) is 0. The van der Waals surface area contributed by atoms with Crippen LogP contribution in [0.2, 0.25) is 0 Å². The number of hydrogen-bond acceptors (Lipinski definition) is 8. The number of hydrogen-bond donors (Lipinski definition) is 0. The van der Waals surface area contributed by atoms with E-state index >= 15 is 0 Å². The van der Waals surface area contributed by atoms with E-state index in [2.05, 4.69) is 4.98 Å². The lowest BCUT2D eigenvalue weighted by Crippen LogP contribution is -2.26. The summed E-state index contributed by atoms with van der Waals surface area (Å²) in [6, 6.07) is 8.57. The van der Waals surface area contributed by atoms with E-state index in [-0.39, 0.29) is 11.3 Å². The van der Waals surface area contributed by atoms with Crippen molar-refractivity contribution < 1.29 is 33.3 Å². The number of rotatable bonds is 6. The fraction of sp³-hybridized carbons (Fsp3) is 0.286. The third-order valence-corrected chi connectivity index (χ3v) is 4.62. The molecule has 8 heteroatoms. The molecule has 1 aliphatic heterocycles. The molecule has 0 amide bonds. The number of aromatic nitrogens is 1. The normalized spacial score (nSPS) is 18.1. The largest absolute Gasteiger partial charge is 0.493 e. The zero-order valence-electron chi connectivity index (χ0n) is 16.5. The Hall–Kier alpha value is -3.55. The van der Waals surface area contributed by atoms with Gasteiger partial charge in [-0.2, -0.15) is 0 Å². The molecule has 0 radical (unpaired) electrons. The van der Waals surface area contributed by atoms with Gasteiger partial charge < -0.3 is 23.7 Å². The number of pyridine rings is 1. The SMILES string of the molecule is COC(=O)C1=C(c2cccnc2)O[C@@H](c2ccc(OC)c(OC)c2)[C@@H]1C(=O)OC.